The molecule has 2 heterocycles. The Kier molecular flexibility index (Phi) is 10.9. The number of amides is 1. The van der Waals surface area contributed by atoms with Crippen LogP contribution >= 0.6 is 0 Å². The predicted octanol–water partition coefficient (Wildman–Crippen LogP) is 0.952. The van der Waals surface area contributed by atoms with Gasteiger partial charge < -0.3 is 40.7 Å². The molecule has 1 amide bonds. The highest BCUT2D eigenvalue weighted by Crippen LogP contribution is 2.32. The van der Waals surface area contributed by atoms with E-state index in [1.54, 1.807) is 0 Å². The molecule has 1 aromatic carbocycles. The quantitative estimate of drug-likeness (QED) is 0.233. The van der Waals surface area contributed by atoms with E-state index in [2.05, 4.69) is 20.8 Å². The number of aliphatic hydroxyl groups is 3. The van der Waals surface area contributed by atoms with Crippen molar-refractivity contribution in [2.45, 2.75) is 88.2 Å². The molecule has 2 aromatic rings. The van der Waals surface area contributed by atoms with Gasteiger partial charge in [-0.2, -0.15) is 4.98 Å². The first-order valence-corrected chi connectivity index (χ1v) is 13.1. The van der Waals surface area contributed by atoms with E-state index >= 15 is 0 Å². The molecule has 1 saturated carbocycles. The maximum Gasteiger partial charge on any atom is 0.335 e. The zero-order valence-corrected chi connectivity index (χ0v) is 21.7. The second kappa shape index (κ2) is 14.1. The van der Waals surface area contributed by atoms with E-state index < -0.39 is 36.3 Å². The van der Waals surface area contributed by atoms with Crippen LogP contribution in [0.15, 0.2) is 28.8 Å². The number of carbonyl (C=O) groups is 3. The summed E-state index contributed by atoms with van der Waals surface area (Å²) in [6.45, 7) is 2.70. The summed E-state index contributed by atoms with van der Waals surface area (Å²) in [6, 6.07) is 7.32. The third kappa shape index (κ3) is 8.05. The summed E-state index contributed by atoms with van der Waals surface area (Å²) < 4.78 is 5.53. The third-order valence-corrected chi connectivity index (χ3v) is 6.97. The summed E-state index contributed by atoms with van der Waals surface area (Å²) in [5, 5.41) is 52.7. The van der Waals surface area contributed by atoms with Crippen LogP contribution in [0.2, 0.25) is 0 Å². The number of rotatable bonds is 9. The van der Waals surface area contributed by atoms with Gasteiger partial charge in [-0.05, 0) is 37.8 Å². The van der Waals surface area contributed by atoms with E-state index in [1.165, 1.54) is 19.3 Å². The minimum atomic E-state index is -2.27. The number of benzene rings is 1. The first kappa shape index (κ1) is 30.2. The van der Waals surface area contributed by atoms with Crippen LogP contribution in [-0.4, -0.2) is 84.4 Å². The van der Waals surface area contributed by atoms with Crippen molar-refractivity contribution in [3.05, 3.63) is 35.7 Å². The molecular weight excluding hydrogens is 512 g/mol. The summed E-state index contributed by atoms with van der Waals surface area (Å²) in [7, 11) is 0. The number of hydrogen-bond donors (Lipinski definition) is 7. The van der Waals surface area contributed by atoms with Crippen molar-refractivity contribution in [2.75, 3.05) is 6.54 Å². The van der Waals surface area contributed by atoms with Gasteiger partial charge in [0.05, 0.1) is 12.1 Å². The van der Waals surface area contributed by atoms with Gasteiger partial charge in [0.1, 0.15) is 6.04 Å². The lowest BCUT2D eigenvalue weighted by Crippen LogP contribution is -2.46. The van der Waals surface area contributed by atoms with Gasteiger partial charge in [0.25, 0.3) is 0 Å². The molecular formula is C26H36N4O9. The lowest BCUT2D eigenvalue weighted by molar-refractivity contribution is -0.165. The topological polar surface area (TPSA) is 215 Å². The minimum Gasteiger partial charge on any atom is -0.479 e. The largest absolute Gasteiger partial charge is 0.479 e. The van der Waals surface area contributed by atoms with E-state index in [0.717, 1.165) is 36.3 Å². The van der Waals surface area contributed by atoms with E-state index in [0.29, 0.717) is 24.7 Å². The Morgan fingerprint density at radius 3 is 2.15 bits per heavy atom. The Bertz CT molecular complexity index is 1080. The normalized spacial score (nSPS) is 21.7. The molecule has 2 fully saturated rings. The van der Waals surface area contributed by atoms with Crippen LogP contribution in [0.4, 0.5) is 0 Å². The second-order valence-electron chi connectivity index (χ2n) is 9.74. The Morgan fingerprint density at radius 1 is 1.03 bits per heavy atom. The van der Waals surface area contributed by atoms with E-state index in [-0.39, 0.29) is 11.9 Å². The average molecular weight is 549 g/mol. The molecule has 7 N–H and O–H groups in total. The summed E-state index contributed by atoms with van der Waals surface area (Å²) in [5.41, 5.74) is 1.93. The molecule has 0 unspecified atom stereocenters. The number of aromatic nitrogens is 2. The molecule has 0 radical (unpaired) electrons. The number of aliphatic carboxylic acids is 2. The highest BCUT2D eigenvalue weighted by molar-refractivity contribution is 5.83. The van der Waals surface area contributed by atoms with Gasteiger partial charge in [-0.25, -0.2) is 9.59 Å². The maximum atomic E-state index is 12.5. The molecule has 0 spiro atoms. The fourth-order valence-electron chi connectivity index (χ4n) is 4.64. The highest BCUT2D eigenvalue weighted by atomic mass is 16.5. The molecule has 4 rings (SSSR count). The van der Waals surface area contributed by atoms with Gasteiger partial charge in [-0.3, -0.25) is 4.79 Å². The van der Waals surface area contributed by atoms with Crippen molar-refractivity contribution in [3.63, 3.8) is 0 Å². The monoisotopic (exact) mass is 548 g/mol. The lowest BCUT2D eigenvalue weighted by Gasteiger charge is -2.21. The Labute approximate surface area is 225 Å². The molecule has 214 valence electrons. The van der Waals surface area contributed by atoms with Gasteiger partial charge in [-0.15, -0.1) is 0 Å². The van der Waals surface area contributed by atoms with Crippen molar-refractivity contribution in [2.24, 2.45) is 0 Å². The second-order valence-corrected chi connectivity index (χ2v) is 9.74. The molecule has 1 aliphatic heterocycles. The van der Waals surface area contributed by atoms with Crippen molar-refractivity contribution in [1.29, 1.82) is 0 Å². The summed E-state index contributed by atoms with van der Waals surface area (Å²) in [4.78, 5) is 36.6. The number of nitrogens with zero attached hydrogens (tertiary/aromatic N) is 2. The van der Waals surface area contributed by atoms with Crippen molar-refractivity contribution in [1.82, 2.24) is 20.8 Å². The SMILES string of the molecule is CC[C@H](NC(=O)[C@H]1NCC[C@@H]1O)c1ccc(-c2noc(C3CCCCC3)n2)cc1.O=C(O)[C@H](O)[C@@H](O)C(=O)O. The van der Waals surface area contributed by atoms with Gasteiger partial charge in [0.15, 0.2) is 12.2 Å². The fraction of sp³-hybridized carbons (Fsp3) is 0.577. The van der Waals surface area contributed by atoms with Crippen LogP contribution in [0.3, 0.4) is 0 Å². The standard InChI is InChI=1S/C22H30N4O3.C4H6O6/c1-2-17(24-21(28)19-18(27)12-13-23-19)14-8-10-15(11-9-14)20-25-22(29-26-20)16-6-4-3-5-7-16;5-1(3(7)8)2(6)4(9)10/h8-11,16-19,23,27H,2-7,12-13H2,1H3,(H,24,28);1-2,5-6H,(H,7,8)(H,9,10)/t17-,18-,19-;1-,2-/m01/s1. The molecule has 13 heteroatoms. The lowest BCUT2D eigenvalue weighted by atomic mass is 9.89. The Hall–Kier alpha value is -3.39. The Balaban J connectivity index is 0.000000360. The van der Waals surface area contributed by atoms with Crippen molar-refractivity contribution < 1.29 is 44.4 Å². The van der Waals surface area contributed by atoms with E-state index in [9.17, 15) is 19.5 Å². The number of carbonyl (C=O) groups excluding carboxylic acids is 1. The summed E-state index contributed by atoms with van der Waals surface area (Å²) in [5.74, 6) is -1.92. The zero-order valence-electron chi connectivity index (χ0n) is 21.7. The molecule has 1 saturated heterocycles. The summed E-state index contributed by atoms with van der Waals surface area (Å²) in [6.07, 6.45) is 2.24. The van der Waals surface area contributed by atoms with Crippen LogP contribution in [-0.2, 0) is 14.4 Å². The number of hydrogen-bond acceptors (Lipinski definition) is 10. The summed E-state index contributed by atoms with van der Waals surface area (Å²) >= 11 is 0. The number of nitrogens with one attached hydrogen (secondary N) is 2. The number of carboxylic acids is 2. The van der Waals surface area contributed by atoms with Gasteiger partial charge in [0.2, 0.25) is 17.6 Å². The highest BCUT2D eigenvalue weighted by Gasteiger charge is 2.32. The van der Waals surface area contributed by atoms with Gasteiger partial charge in [0, 0.05) is 11.5 Å². The smallest absolute Gasteiger partial charge is 0.335 e. The zero-order chi connectivity index (χ0) is 28.5. The Morgan fingerprint density at radius 2 is 1.64 bits per heavy atom. The van der Waals surface area contributed by atoms with Crippen LogP contribution < -0.4 is 10.6 Å². The van der Waals surface area contributed by atoms with Crippen LogP contribution in [0.25, 0.3) is 11.4 Å². The third-order valence-electron chi connectivity index (χ3n) is 6.97. The fourth-order valence-corrected chi connectivity index (χ4v) is 4.64. The molecule has 1 aromatic heterocycles. The first-order valence-electron chi connectivity index (χ1n) is 13.1. The van der Waals surface area contributed by atoms with Crippen LogP contribution in [0, 0.1) is 0 Å². The van der Waals surface area contributed by atoms with E-state index in [1.807, 2.05) is 31.2 Å². The van der Waals surface area contributed by atoms with Crippen molar-refractivity contribution >= 4 is 17.8 Å². The molecule has 0 bridgehead atoms. The maximum absolute atomic E-state index is 12.5. The molecule has 1 aliphatic carbocycles. The minimum absolute atomic E-state index is 0.103. The first-order chi connectivity index (χ1) is 18.6. The van der Waals surface area contributed by atoms with E-state index in [4.69, 9.17) is 24.9 Å². The van der Waals surface area contributed by atoms with Crippen LogP contribution in [0.1, 0.15) is 75.3 Å². The molecule has 39 heavy (non-hydrogen) atoms. The predicted molar refractivity (Wildman–Crippen MR) is 136 cm³/mol. The molecule has 5 atom stereocenters. The van der Waals surface area contributed by atoms with Crippen LogP contribution in [0.5, 0.6) is 0 Å². The van der Waals surface area contributed by atoms with Gasteiger partial charge in [-0.1, -0.05) is 55.6 Å². The number of aliphatic hydroxyl groups excluding tert-OH is 3. The van der Waals surface area contributed by atoms with Crippen molar-refractivity contribution in [3.8, 4) is 11.4 Å². The molecule has 13 nitrogen and oxygen atoms in total. The van der Waals surface area contributed by atoms with Gasteiger partial charge >= 0.3 is 11.9 Å². The average Bonchev–Trinajstić information content (AvgIpc) is 3.61. The number of carboxylic acid groups (broad SMARTS) is 2. The molecule has 2 aliphatic rings.